The molecule has 2 saturated heterocycles. The fraction of sp³-hybridized carbons (Fsp3) is 1.00. The fourth-order valence-electron chi connectivity index (χ4n) is 4.39. The highest BCUT2D eigenvalue weighted by atomic mass is 16.3. The topological polar surface area (TPSA) is 43.7 Å². The molecule has 3 heteroatoms. The van der Waals surface area contributed by atoms with Gasteiger partial charge in [0.25, 0.3) is 0 Å². The molecule has 18 heavy (non-hydrogen) atoms. The average molecular weight is 253 g/mol. The van der Waals surface area contributed by atoms with Crippen molar-refractivity contribution in [3.05, 3.63) is 0 Å². The average Bonchev–Trinajstić information content (AvgIpc) is 2.54. The predicted octanol–water partition coefficient (Wildman–Crippen LogP) is 1.92. The van der Waals surface area contributed by atoms with E-state index in [1.54, 1.807) is 0 Å². The molecule has 0 amide bonds. The minimum Gasteiger partial charge on any atom is -0.393 e. The first-order valence-corrected chi connectivity index (χ1v) is 7.86. The highest BCUT2D eigenvalue weighted by Crippen LogP contribution is 2.37. The molecular formula is C15H27NO2. The van der Waals surface area contributed by atoms with Crippen molar-refractivity contribution >= 4 is 0 Å². The maximum Gasteiger partial charge on any atom is 0.0580 e. The van der Waals surface area contributed by atoms with Crippen LogP contribution in [0.1, 0.15) is 57.8 Å². The summed E-state index contributed by atoms with van der Waals surface area (Å²) in [5.41, 5.74) is 0. The zero-order valence-corrected chi connectivity index (χ0v) is 11.3. The van der Waals surface area contributed by atoms with E-state index in [0.29, 0.717) is 18.0 Å². The minimum atomic E-state index is -0.0845. The van der Waals surface area contributed by atoms with Crippen molar-refractivity contribution < 1.29 is 10.2 Å². The second-order valence-electron chi connectivity index (χ2n) is 6.67. The number of rotatable bonds is 2. The van der Waals surface area contributed by atoms with Crippen LogP contribution < -0.4 is 0 Å². The number of fused-ring (bicyclic) bond motifs is 2. The molecule has 3 fully saturated rings. The summed E-state index contributed by atoms with van der Waals surface area (Å²) < 4.78 is 0. The first-order chi connectivity index (χ1) is 8.74. The van der Waals surface area contributed by atoms with Crippen LogP contribution in [-0.2, 0) is 0 Å². The summed E-state index contributed by atoms with van der Waals surface area (Å²) in [6.45, 7) is 1.07. The molecule has 3 nitrogen and oxygen atoms in total. The zero-order valence-electron chi connectivity index (χ0n) is 11.3. The molecule has 0 radical (unpaired) electrons. The lowest BCUT2D eigenvalue weighted by atomic mass is 9.93. The first-order valence-electron chi connectivity index (χ1n) is 7.86. The van der Waals surface area contributed by atoms with E-state index >= 15 is 0 Å². The smallest absolute Gasteiger partial charge is 0.0580 e. The molecule has 4 unspecified atom stereocenters. The second kappa shape index (κ2) is 5.48. The van der Waals surface area contributed by atoms with Crippen molar-refractivity contribution in [2.45, 2.75) is 82.1 Å². The molecule has 2 heterocycles. The van der Waals surface area contributed by atoms with Crippen LogP contribution in [0.2, 0.25) is 0 Å². The summed E-state index contributed by atoms with van der Waals surface area (Å²) in [7, 11) is 0. The van der Waals surface area contributed by atoms with Gasteiger partial charge in [-0.05, 0) is 44.4 Å². The minimum absolute atomic E-state index is 0.0715. The highest BCUT2D eigenvalue weighted by Gasteiger charge is 2.41. The number of nitrogens with zero attached hydrogens (tertiary/aromatic N) is 1. The van der Waals surface area contributed by atoms with Crippen LogP contribution in [0.5, 0.6) is 0 Å². The van der Waals surface area contributed by atoms with Crippen molar-refractivity contribution in [1.29, 1.82) is 0 Å². The second-order valence-corrected chi connectivity index (χ2v) is 6.67. The Morgan fingerprint density at radius 3 is 2.22 bits per heavy atom. The molecule has 0 aromatic heterocycles. The number of hydrogen-bond acceptors (Lipinski definition) is 3. The quantitative estimate of drug-likeness (QED) is 0.739. The van der Waals surface area contributed by atoms with Crippen molar-refractivity contribution in [2.24, 2.45) is 5.92 Å². The molecule has 2 bridgehead atoms. The standard InChI is InChI=1S/C15H27NO2/c17-14-8-12-6-7-13(9-14)16(12)10-11-4-2-1-3-5-15(11)18/h11-15,17-18H,1-10H2. The Morgan fingerprint density at radius 2 is 1.50 bits per heavy atom. The number of aliphatic hydroxyl groups excluding tert-OH is 2. The third kappa shape index (κ3) is 2.59. The summed E-state index contributed by atoms with van der Waals surface area (Å²) in [6, 6.07) is 1.18. The molecule has 1 saturated carbocycles. The van der Waals surface area contributed by atoms with E-state index in [-0.39, 0.29) is 12.2 Å². The van der Waals surface area contributed by atoms with E-state index in [0.717, 1.165) is 25.8 Å². The largest absolute Gasteiger partial charge is 0.393 e. The Bertz CT molecular complexity index is 270. The SMILES string of the molecule is OC1CC2CCC(C1)N2CC1CCCCCC1O. The summed E-state index contributed by atoms with van der Waals surface area (Å²) in [6.07, 6.45) is 10.2. The van der Waals surface area contributed by atoms with E-state index in [1.807, 2.05) is 0 Å². The van der Waals surface area contributed by atoms with Crippen molar-refractivity contribution in [3.8, 4) is 0 Å². The molecule has 0 aromatic carbocycles. The van der Waals surface area contributed by atoms with E-state index in [2.05, 4.69) is 4.90 Å². The lowest BCUT2D eigenvalue weighted by Crippen LogP contribution is -2.48. The molecule has 2 N–H and O–H groups in total. The van der Waals surface area contributed by atoms with Crippen molar-refractivity contribution in [1.82, 2.24) is 4.90 Å². The van der Waals surface area contributed by atoms with Gasteiger partial charge in [-0.15, -0.1) is 0 Å². The summed E-state index contributed by atoms with van der Waals surface area (Å²) in [5, 5.41) is 20.1. The Balaban J connectivity index is 1.62. The number of aliphatic hydroxyl groups is 2. The first kappa shape index (κ1) is 12.9. The molecule has 0 spiro atoms. The Kier molecular flexibility index (Phi) is 3.92. The van der Waals surface area contributed by atoms with E-state index in [9.17, 15) is 10.2 Å². The Morgan fingerprint density at radius 1 is 0.833 bits per heavy atom. The zero-order chi connectivity index (χ0) is 12.5. The van der Waals surface area contributed by atoms with Gasteiger partial charge in [0, 0.05) is 18.6 Å². The van der Waals surface area contributed by atoms with Crippen LogP contribution in [0.15, 0.2) is 0 Å². The highest BCUT2D eigenvalue weighted by molar-refractivity contribution is 4.96. The lowest BCUT2D eigenvalue weighted by Gasteiger charge is -2.39. The van der Waals surface area contributed by atoms with Gasteiger partial charge in [-0.25, -0.2) is 0 Å². The summed E-state index contributed by atoms with van der Waals surface area (Å²) in [5.74, 6) is 0.478. The molecule has 1 aliphatic carbocycles. The van der Waals surface area contributed by atoms with Gasteiger partial charge in [-0.3, -0.25) is 4.90 Å². The van der Waals surface area contributed by atoms with E-state index in [4.69, 9.17) is 0 Å². The van der Waals surface area contributed by atoms with Crippen LogP contribution in [0.3, 0.4) is 0 Å². The maximum atomic E-state index is 10.2. The summed E-state index contributed by atoms with van der Waals surface area (Å²) in [4.78, 5) is 2.62. The Hall–Kier alpha value is -0.120. The molecule has 0 aromatic rings. The van der Waals surface area contributed by atoms with Gasteiger partial charge in [0.1, 0.15) is 0 Å². The summed E-state index contributed by atoms with van der Waals surface area (Å²) >= 11 is 0. The molecule has 104 valence electrons. The molecule has 3 rings (SSSR count). The third-order valence-corrected chi connectivity index (χ3v) is 5.42. The molecule has 2 aliphatic heterocycles. The normalized spacial score (nSPS) is 46.0. The van der Waals surface area contributed by atoms with Gasteiger partial charge >= 0.3 is 0 Å². The molecule has 4 atom stereocenters. The van der Waals surface area contributed by atoms with Crippen LogP contribution in [0, 0.1) is 5.92 Å². The van der Waals surface area contributed by atoms with Gasteiger partial charge < -0.3 is 10.2 Å². The van der Waals surface area contributed by atoms with Gasteiger partial charge in [-0.2, -0.15) is 0 Å². The fourth-order valence-corrected chi connectivity index (χ4v) is 4.39. The van der Waals surface area contributed by atoms with Gasteiger partial charge in [0.05, 0.1) is 12.2 Å². The number of piperidine rings is 1. The lowest BCUT2D eigenvalue weighted by molar-refractivity contribution is 0.00506. The molecular weight excluding hydrogens is 226 g/mol. The van der Waals surface area contributed by atoms with Crippen LogP contribution >= 0.6 is 0 Å². The van der Waals surface area contributed by atoms with Gasteiger partial charge in [0.2, 0.25) is 0 Å². The maximum absolute atomic E-state index is 10.2. The van der Waals surface area contributed by atoms with E-state index in [1.165, 1.54) is 38.5 Å². The van der Waals surface area contributed by atoms with Crippen LogP contribution in [0.25, 0.3) is 0 Å². The Labute approximate surface area is 110 Å². The van der Waals surface area contributed by atoms with Crippen molar-refractivity contribution in [2.75, 3.05) is 6.54 Å². The van der Waals surface area contributed by atoms with Crippen LogP contribution in [-0.4, -0.2) is 45.9 Å². The monoisotopic (exact) mass is 253 g/mol. The van der Waals surface area contributed by atoms with Gasteiger partial charge in [-0.1, -0.05) is 19.3 Å². The third-order valence-electron chi connectivity index (χ3n) is 5.42. The van der Waals surface area contributed by atoms with Gasteiger partial charge in [0.15, 0.2) is 0 Å². The van der Waals surface area contributed by atoms with E-state index < -0.39 is 0 Å². The molecule has 3 aliphatic rings. The van der Waals surface area contributed by atoms with Crippen LogP contribution in [0.4, 0.5) is 0 Å². The number of hydrogen-bond donors (Lipinski definition) is 2. The van der Waals surface area contributed by atoms with Crippen molar-refractivity contribution in [3.63, 3.8) is 0 Å². The predicted molar refractivity (Wildman–Crippen MR) is 71.3 cm³/mol.